The molecule has 2 heterocycles. The molecule has 1 fully saturated rings. The topological polar surface area (TPSA) is 52.6 Å². The second-order valence-electron chi connectivity index (χ2n) is 6.02. The quantitative estimate of drug-likeness (QED) is 0.902. The Hall–Kier alpha value is -1.85. The molecular formula is C18H22N2O2S. The van der Waals surface area contributed by atoms with Crippen LogP contribution >= 0.6 is 11.3 Å². The maximum Gasteiger partial charge on any atom is 0.266 e. The van der Waals surface area contributed by atoms with Gasteiger partial charge in [0.1, 0.15) is 0 Å². The lowest BCUT2D eigenvalue weighted by Crippen LogP contribution is -2.35. The van der Waals surface area contributed by atoms with Gasteiger partial charge in [0.15, 0.2) is 0 Å². The fraction of sp³-hybridized carbons (Fsp3) is 0.389. The van der Waals surface area contributed by atoms with Crippen LogP contribution in [-0.2, 0) is 0 Å². The van der Waals surface area contributed by atoms with E-state index in [1.807, 2.05) is 36.6 Å². The lowest BCUT2D eigenvalue weighted by atomic mass is 9.97. The summed E-state index contributed by atoms with van der Waals surface area (Å²) in [5.41, 5.74) is 2.92. The Kier molecular flexibility index (Phi) is 4.98. The van der Waals surface area contributed by atoms with Gasteiger partial charge in [0.25, 0.3) is 5.91 Å². The molecule has 0 saturated carbocycles. The highest BCUT2D eigenvalue weighted by Crippen LogP contribution is 2.30. The smallest absolute Gasteiger partial charge is 0.266 e. The standard InChI is InChI=1S/C18H22N2O2S/c1-13-8-11-23-17(13)18(22)19-15-4-2-3-5-16(15)20-9-6-14(12-21)7-10-20/h2-5,8,11,14,21H,6-7,9-10,12H2,1H3,(H,19,22). The molecule has 122 valence electrons. The van der Waals surface area contributed by atoms with Gasteiger partial charge in [-0.2, -0.15) is 0 Å². The second-order valence-corrected chi connectivity index (χ2v) is 6.93. The molecule has 5 heteroatoms. The van der Waals surface area contributed by atoms with Crippen molar-refractivity contribution in [3.05, 3.63) is 46.2 Å². The number of amides is 1. The average molecular weight is 330 g/mol. The van der Waals surface area contributed by atoms with Crippen molar-refractivity contribution in [2.75, 3.05) is 29.9 Å². The van der Waals surface area contributed by atoms with Crippen molar-refractivity contribution in [1.29, 1.82) is 0 Å². The fourth-order valence-electron chi connectivity index (χ4n) is 3.00. The van der Waals surface area contributed by atoms with Gasteiger partial charge in [0, 0.05) is 19.7 Å². The molecule has 0 unspecified atom stereocenters. The van der Waals surface area contributed by atoms with Crippen molar-refractivity contribution in [3.63, 3.8) is 0 Å². The van der Waals surface area contributed by atoms with E-state index in [0.29, 0.717) is 5.92 Å². The van der Waals surface area contributed by atoms with E-state index in [4.69, 9.17) is 0 Å². The number of hydrogen-bond donors (Lipinski definition) is 2. The van der Waals surface area contributed by atoms with Crippen LogP contribution in [0.5, 0.6) is 0 Å². The number of aliphatic hydroxyl groups is 1. The third-order valence-electron chi connectivity index (χ3n) is 4.43. The van der Waals surface area contributed by atoms with Gasteiger partial charge >= 0.3 is 0 Å². The number of aryl methyl sites for hydroxylation is 1. The number of piperidine rings is 1. The maximum atomic E-state index is 12.5. The highest BCUT2D eigenvalue weighted by Gasteiger charge is 2.21. The molecule has 2 N–H and O–H groups in total. The van der Waals surface area contributed by atoms with Crippen molar-refractivity contribution in [3.8, 4) is 0 Å². The van der Waals surface area contributed by atoms with E-state index < -0.39 is 0 Å². The summed E-state index contributed by atoms with van der Waals surface area (Å²) in [6.45, 7) is 4.05. The van der Waals surface area contributed by atoms with Crippen LogP contribution in [0.25, 0.3) is 0 Å². The molecule has 1 aliphatic rings. The van der Waals surface area contributed by atoms with E-state index in [0.717, 1.165) is 47.7 Å². The molecule has 0 aliphatic carbocycles. The number of hydrogen-bond acceptors (Lipinski definition) is 4. The van der Waals surface area contributed by atoms with E-state index in [1.165, 1.54) is 11.3 Å². The monoisotopic (exact) mass is 330 g/mol. The summed E-state index contributed by atoms with van der Waals surface area (Å²) in [6, 6.07) is 9.91. The minimum absolute atomic E-state index is 0.0461. The number of nitrogens with zero attached hydrogens (tertiary/aromatic N) is 1. The molecule has 0 spiro atoms. The summed E-state index contributed by atoms with van der Waals surface area (Å²) in [7, 11) is 0. The Labute approximate surface area is 140 Å². The van der Waals surface area contributed by atoms with Crippen LogP contribution in [0.4, 0.5) is 11.4 Å². The number of carbonyl (C=O) groups excluding carboxylic acids is 1. The highest BCUT2D eigenvalue weighted by molar-refractivity contribution is 7.12. The first-order valence-corrected chi connectivity index (χ1v) is 8.87. The molecule has 23 heavy (non-hydrogen) atoms. The summed E-state index contributed by atoms with van der Waals surface area (Å²) >= 11 is 1.47. The second kappa shape index (κ2) is 7.15. The van der Waals surface area contributed by atoms with Crippen molar-refractivity contribution in [2.24, 2.45) is 5.92 Å². The summed E-state index contributed by atoms with van der Waals surface area (Å²) in [4.78, 5) is 15.5. The number of anilines is 2. The van der Waals surface area contributed by atoms with Crippen molar-refractivity contribution in [1.82, 2.24) is 0 Å². The van der Waals surface area contributed by atoms with Crippen LogP contribution in [0, 0.1) is 12.8 Å². The first kappa shape index (κ1) is 16.0. The minimum Gasteiger partial charge on any atom is -0.396 e. The first-order valence-electron chi connectivity index (χ1n) is 7.99. The lowest BCUT2D eigenvalue weighted by Gasteiger charge is -2.34. The molecule has 0 atom stereocenters. The van der Waals surface area contributed by atoms with Crippen LogP contribution in [0.1, 0.15) is 28.1 Å². The molecule has 1 aliphatic heterocycles. The molecule has 3 rings (SSSR count). The number of benzene rings is 1. The number of thiophene rings is 1. The minimum atomic E-state index is -0.0461. The van der Waals surface area contributed by atoms with Crippen LogP contribution in [-0.4, -0.2) is 30.7 Å². The Morgan fingerprint density at radius 2 is 2.04 bits per heavy atom. The van der Waals surface area contributed by atoms with Crippen molar-refractivity contribution in [2.45, 2.75) is 19.8 Å². The summed E-state index contributed by atoms with van der Waals surface area (Å²) in [5, 5.41) is 14.3. The lowest BCUT2D eigenvalue weighted by molar-refractivity contribution is 0.103. The van der Waals surface area contributed by atoms with Crippen LogP contribution in [0.2, 0.25) is 0 Å². The summed E-state index contributed by atoms with van der Waals surface area (Å²) in [5.74, 6) is 0.358. The number of para-hydroxylation sites is 2. The SMILES string of the molecule is Cc1ccsc1C(=O)Nc1ccccc1N1CCC(CO)CC1. The Balaban J connectivity index is 1.76. The van der Waals surface area contributed by atoms with Gasteiger partial charge in [0.2, 0.25) is 0 Å². The fourth-order valence-corrected chi connectivity index (χ4v) is 3.82. The Bertz CT molecular complexity index is 675. The van der Waals surface area contributed by atoms with Crippen molar-refractivity contribution < 1.29 is 9.90 Å². The number of rotatable bonds is 4. The van der Waals surface area contributed by atoms with E-state index in [9.17, 15) is 9.90 Å². The molecule has 0 bridgehead atoms. The predicted octanol–water partition coefficient (Wildman–Crippen LogP) is 3.52. The zero-order valence-corrected chi connectivity index (χ0v) is 14.1. The third-order valence-corrected chi connectivity index (χ3v) is 5.45. The largest absolute Gasteiger partial charge is 0.396 e. The van der Waals surface area contributed by atoms with E-state index >= 15 is 0 Å². The molecular weight excluding hydrogens is 308 g/mol. The van der Waals surface area contributed by atoms with E-state index in [1.54, 1.807) is 0 Å². The molecule has 4 nitrogen and oxygen atoms in total. The average Bonchev–Trinajstić information content (AvgIpc) is 3.02. The van der Waals surface area contributed by atoms with Gasteiger partial charge in [0.05, 0.1) is 16.3 Å². The number of carbonyl (C=O) groups is 1. The highest BCUT2D eigenvalue weighted by atomic mass is 32.1. The molecule has 2 aromatic rings. The van der Waals surface area contributed by atoms with Crippen LogP contribution < -0.4 is 10.2 Å². The summed E-state index contributed by atoms with van der Waals surface area (Å²) < 4.78 is 0. The normalized spacial score (nSPS) is 15.7. The van der Waals surface area contributed by atoms with E-state index in [2.05, 4.69) is 16.3 Å². The first-order chi connectivity index (χ1) is 11.2. The van der Waals surface area contributed by atoms with Crippen molar-refractivity contribution >= 4 is 28.6 Å². The van der Waals surface area contributed by atoms with Crippen LogP contribution in [0.15, 0.2) is 35.7 Å². The predicted molar refractivity (Wildman–Crippen MR) is 95.5 cm³/mol. The van der Waals surface area contributed by atoms with Gasteiger partial charge in [-0.25, -0.2) is 0 Å². The molecule has 0 radical (unpaired) electrons. The summed E-state index contributed by atoms with van der Waals surface area (Å²) in [6.07, 6.45) is 1.98. The maximum absolute atomic E-state index is 12.5. The number of nitrogens with one attached hydrogen (secondary N) is 1. The molecule has 1 aromatic heterocycles. The van der Waals surface area contributed by atoms with Gasteiger partial charge in [-0.05, 0) is 54.8 Å². The Morgan fingerprint density at radius 3 is 2.70 bits per heavy atom. The molecule has 1 amide bonds. The Morgan fingerprint density at radius 1 is 1.30 bits per heavy atom. The zero-order valence-electron chi connectivity index (χ0n) is 13.3. The number of aliphatic hydroxyl groups excluding tert-OH is 1. The van der Waals surface area contributed by atoms with Gasteiger partial charge in [-0.1, -0.05) is 12.1 Å². The third kappa shape index (κ3) is 3.57. The van der Waals surface area contributed by atoms with Gasteiger partial charge in [-0.15, -0.1) is 11.3 Å². The van der Waals surface area contributed by atoms with E-state index in [-0.39, 0.29) is 12.5 Å². The molecule has 1 saturated heterocycles. The van der Waals surface area contributed by atoms with Gasteiger partial charge in [-0.3, -0.25) is 4.79 Å². The van der Waals surface area contributed by atoms with Crippen LogP contribution in [0.3, 0.4) is 0 Å². The zero-order chi connectivity index (χ0) is 16.2. The van der Waals surface area contributed by atoms with Gasteiger partial charge < -0.3 is 15.3 Å². The molecule has 1 aromatic carbocycles.